The molecule has 29 heavy (non-hydrogen) atoms. The summed E-state index contributed by atoms with van der Waals surface area (Å²) in [6.07, 6.45) is 2.13. The fraction of sp³-hybridized carbons (Fsp3) is 0.238. The van der Waals surface area contributed by atoms with E-state index in [0.717, 1.165) is 28.2 Å². The number of amides is 1. The number of carbonyl (C=O) groups is 1. The van der Waals surface area contributed by atoms with Crippen LogP contribution in [0, 0.1) is 5.82 Å². The minimum Gasteiger partial charge on any atom is -0.320 e. The quantitative estimate of drug-likeness (QED) is 0.601. The van der Waals surface area contributed by atoms with E-state index in [4.69, 9.17) is 23.2 Å². The molecule has 0 saturated carbocycles. The van der Waals surface area contributed by atoms with Gasteiger partial charge in [0.05, 0.1) is 18.4 Å². The van der Waals surface area contributed by atoms with Gasteiger partial charge < -0.3 is 4.90 Å². The summed E-state index contributed by atoms with van der Waals surface area (Å²) in [5.41, 5.74) is 2.23. The highest BCUT2D eigenvalue weighted by Crippen LogP contribution is 2.31. The van der Waals surface area contributed by atoms with Crippen molar-refractivity contribution in [1.29, 1.82) is 0 Å². The van der Waals surface area contributed by atoms with Crippen molar-refractivity contribution in [3.8, 4) is 0 Å². The van der Waals surface area contributed by atoms with Crippen molar-refractivity contribution < 1.29 is 9.18 Å². The van der Waals surface area contributed by atoms with E-state index >= 15 is 0 Å². The van der Waals surface area contributed by atoms with Crippen LogP contribution in [0.3, 0.4) is 0 Å². The SMILES string of the molecule is O=C(N1CCN(C(c2ccc(Cl)cc2)c2ccc(Cl)cc2)CC1)n1cc(F)cn1. The third-order valence-electron chi connectivity index (χ3n) is 5.07. The predicted molar refractivity (Wildman–Crippen MR) is 111 cm³/mol. The summed E-state index contributed by atoms with van der Waals surface area (Å²) in [6.45, 7) is 2.40. The van der Waals surface area contributed by atoms with Crippen LogP contribution in [0.25, 0.3) is 0 Å². The number of hydrogen-bond acceptors (Lipinski definition) is 3. The highest BCUT2D eigenvalue weighted by Gasteiger charge is 2.29. The third kappa shape index (κ3) is 4.45. The van der Waals surface area contributed by atoms with E-state index in [1.165, 1.54) is 0 Å². The summed E-state index contributed by atoms with van der Waals surface area (Å²) in [5, 5.41) is 5.14. The zero-order valence-electron chi connectivity index (χ0n) is 15.5. The number of carbonyl (C=O) groups excluding carboxylic acids is 1. The van der Waals surface area contributed by atoms with Crippen molar-refractivity contribution in [3.63, 3.8) is 0 Å². The minimum absolute atomic E-state index is 0.0175. The van der Waals surface area contributed by atoms with Gasteiger partial charge in [0.25, 0.3) is 0 Å². The van der Waals surface area contributed by atoms with E-state index in [-0.39, 0.29) is 12.1 Å². The maximum absolute atomic E-state index is 13.2. The molecule has 4 rings (SSSR count). The first-order valence-corrected chi connectivity index (χ1v) is 10.0. The topological polar surface area (TPSA) is 41.4 Å². The van der Waals surface area contributed by atoms with Gasteiger partial charge in [-0.3, -0.25) is 4.90 Å². The summed E-state index contributed by atoms with van der Waals surface area (Å²) < 4.78 is 14.2. The van der Waals surface area contributed by atoms with Gasteiger partial charge in [-0.25, -0.2) is 9.18 Å². The van der Waals surface area contributed by atoms with Crippen LogP contribution in [0.4, 0.5) is 9.18 Å². The lowest BCUT2D eigenvalue weighted by atomic mass is 9.96. The Hall–Kier alpha value is -2.41. The lowest BCUT2D eigenvalue weighted by Crippen LogP contribution is -2.51. The van der Waals surface area contributed by atoms with E-state index in [1.807, 2.05) is 48.5 Å². The normalized spacial score (nSPS) is 15.1. The summed E-state index contributed by atoms with van der Waals surface area (Å²) in [6, 6.07) is 15.3. The van der Waals surface area contributed by atoms with Gasteiger partial charge in [0.1, 0.15) is 0 Å². The van der Waals surface area contributed by atoms with E-state index < -0.39 is 5.82 Å². The fourth-order valence-corrected chi connectivity index (χ4v) is 3.88. The van der Waals surface area contributed by atoms with E-state index in [2.05, 4.69) is 10.00 Å². The van der Waals surface area contributed by atoms with Crippen molar-refractivity contribution in [3.05, 3.63) is 87.9 Å². The molecule has 0 atom stereocenters. The first-order chi connectivity index (χ1) is 14.0. The first kappa shape index (κ1) is 19.9. The van der Waals surface area contributed by atoms with Gasteiger partial charge in [0, 0.05) is 36.2 Å². The molecule has 0 unspecified atom stereocenters. The van der Waals surface area contributed by atoms with Crippen molar-refractivity contribution in [2.24, 2.45) is 0 Å². The molecule has 1 aliphatic rings. The molecule has 5 nitrogen and oxygen atoms in total. The Morgan fingerprint density at radius 3 is 1.86 bits per heavy atom. The Labute approximate surface area is 178 Å². The molecule has 2 heterocycles. The van der Waals surface area contributed by atoms with Crippen molar-refractivity contribution >= 4 is 29.2 Å². The molecule has 1 aliphatic heterocycles. The molecule has 1 aromatic heterocycles. The standard InChI is InChI=1S/C21H19Cl2FN4O/c22-17-5-1-15(2-6-17)20(16-3-7-18(23)8-4-16)26-9-11-27(12-10-26)21(29)28-14-19(24)13-25-28/h1-8,13-14,20H,9-12H2. The Balaban J connectivity index is 1.54. The van der Waals surface area contributed by atoms with Gasteiger partial charge in [-0.1, -0.05) is 47.5 Å². The number of piperazine rings is 1. The van der Waals surface area contributed by atoms with Crippen molar-refractivity contribution in [2.75, 3.05) is 26.2 Å². The van der Waals surface area contributed by atoms with Crippen LogP contribution in [0.15, 0.2) is 60.9 Å². The number of aromatic nitrogens is 2. The molecule has 0 N–H and O–H groups in total. The molecule has 0 radical (unpaired) electrons. The second-order valence-electron chi connectivity index (χ2n) is 6.91. The van der Waals surface area contributed by atoms with E-state index in [0.29, 0.717) is 36.2 Å². The third-order valence-corrected chi connectivity index (χ3v) is 5.57. The minimum atomic E-state index is -0.525. The van der Waals surface area contributed by atoms with Gasteiger partial charge in [0.15, 0.2) is 5.82 Å². The fourth-order valence-electron chi connectivity index (χ4n) is 3.63. The molecule has 150 valence electrons. The van der Waals surface area contributed by atoms with Crippen LogP contribution in [0.5, 0.6) is 0 Å². The molecule has 1 fully saturated rings. The smallest absolute Gasteiger partial charge is 0.320 e. The molecule has 1 amide bonds. The second-order valence-corrected chi connectivity index (χ2v) is 7.79. The average Bonchev–Trinajstić information content (AvgIpc) is 3.17. The number of halogens is 3. The van der Waals surface area contributed by atoms with Gasteiger partial charge in [-0.2, -0.15) is 9.78 Å². The van der Waals surface area contributed by atoms with Gasteiger partial charge in [0.2, 0.25) is 0 Å². The number of rotatable bonds is 3. The lowest BCUT2D eigenvalue weighted by molar-refractivity contribution is 0.119. The van der Waals surface area contributed by atoms with Crippen LogP contribution < -0.4 is 0 Å². The highest BCUT2D eigenvalue weighted by atomic mass is 35.5. The molecule has 3 aromatic rings. The zero-order chi connectivity index (χ0) is 20.4. The molecule has 0 aliphatic carbocycles. The molecular formula is C21H19Cl2FN4O. The van der Waals surface area contributed by atoms with Crippen molar-refractivity contribution in [2.45, 2.75) is 6.04 Å². The monoisotopic (exact) mass is 432 g/mol. The zero-order valence-corrected chi connectivity index (χ0v) is 17.0. The molecule has 1 saturated heterocycles. The summed E-state index contributed by atoms with van der Waals surface area (Å²) in [5.74, 6) is -0.525. The van der Waals surface area contributed by atoms with E-state index in [9.17, 15) is 9.18 Å². The molecule has 8 heteroatoms. The Morgan fingerprint density at radius 2 is 1.41 bits per heavy atom. The molecule has 0 bridgehead atoms. The first-order valence-electron chi connectivity index (χ1n) is 9.26. The number of nitrogens with zero attached hydrogens (tertiary/aromatic N) is 4. The van der Waals surface area contributed by atoms with Gasteiger partial charge >= 0.3 is 6.03 Å². The largest absolute Gasteiger partial charge is 0.344 e. The molecular weight excluding hydrogens is 414 g/mol. The Kier molecular flexibility index (Phi) is 5.85. The average molecular weight is 433 g/mol. The number of hydrogen-bond donors (Lipinski definition) is 0. The number of benzene rings is 2. The van der Waals surface area contributed by atoms with Crippen molar-refractivity contribution in [1.82, 2.24) is 19.6 Å². The van der Waals surface area contributed by atoms with Crippen LogP contribution in [0.2, 0.25) is 10.0 Å². The van der Waals surface area contributed by atoms with Gasteiger partial charge in [-0.15, -0.1) is 0 Å². The molecule has 2 aromatic carbocycles. The second kappa shape index (κ2) is 8.53. The van der Waals surface area contributed by atoms with Crippen LogP contribution in [0.1, 0.15) is 17.2 Å². The summed E-state index contributed by atoms with van der Waals surface area (Å²) >= 11 is 12.1. The lowest BCUT2D eigenvalue weighted by Gasteiger charge is -2.39. The maximum Gasteiger partial charge on any atom is 0.344 e. The van der Waals surface area contributed by atoms with Crippen LogP contribution >= 0.6 is 23.2 Å². The predicted octanol–water partition coefficient (Wildman–Crippen LogP) is 4.70. The Bertz CT molecular complexity index is 937. The Morgan fingerprint density at radius 1 is 0.897 bits per heavy atom. The van der Waals surface area contributed by atoms with Crippen LogP contribution in [-0.2, 0) is 0 Å². The van der Waals surface area contributed by atoms with Gasteiger partial charge in [-0.05, 0) is 35.4 Å². The van der Waals surface area contributed by atoms with Crippen LogP contribution in [-0.4, -0.2) is 51.8 Å². The summed E-state index contributed by atoms with van der Waals surface area (Å²) in [4.78, 5) is 16.5. The summed E-state index contributed by atoms with van der Waals surface area (Å²) in [7, 11) is 0. The maximum atomic E-state index is 13.2. The molecule has 0 spiro atoms. The van der Waals surface area contributed by atoms with E-state index in [1.54, 1.807) is 4.90 Å². The highest BCUT2D eigenvalue weighted by molar-refractivity contribution is 6.30.